The topological polar surface area (TPSA) is 96.6 Å². The van der Waals surface area contributed by atoms with Gasteiger partial charge in [-0.25, -0.2) is 9.78 Å². The Morgan fingerprint density at radius 3 is 2.57 bits per heavy atom. The second-order valence-electron chi connectivity index (χ2n) is 4.60. The number of aromatic nitrogens is 1. The molecule has 0 bridgehead atoms. The van der Waals surface area contributed by atoms with Gasteiger partial charge in [0.05, 0.1) is 4.92 Å². The van der Waals surface area contributed by atoms with Gasteiger partial charge >= 0.3 is 17.8 Å². The molecule has 1 aliphatic rings. The standard InChI is InChI=1S/C11H10F3N3O4/c12-11(13,14)5-16(6-1-2-6)9-3-7(10(18)19)8(4-15-9)17(20)21/h3-4,6H,1-2,5H2,(H,18,19). The third-order valence-electron chi connectivity index (χ3n) is 2.93. The van der Waals surface area contributed by atoms with Gasteiger partial charge in [-0.1, -0.05) is 0 Å². The maximum atomic E-state index is 12.6. The molecule has 0 atom stereocenters. The lowest BCUT2D eigenvalue weighted by Gasteiger charge is -2.24. The van der Waals surface area contributed by atoms with Gasteiger partial charge in [-0.3, -0.25) is 10.1 Å². The van der Waals surface area contributed by atoms with Crippen LogP contribution in [0.2, 0.25) is 0 Å². The zero-order valence-corrected chi connectivity index (χ0v) is 10.5. The monoisotopic (exact) mass is 305 g/mol. The van der Waals surface area contributed by atoms with E-state index >= 15 is 0 Å². The minimum Gasteiger partial charge on any atom is -0.477 e. The van der Waals surface area contributed by atoms with E-state index in [4.69, 9.17) is 5.11 Å². The van der Waals surface area contributed by atoms with Gasteiger partial charge in [-0.05, 0) is 12.8 Å². The van der Waals surface area contributed by atoms with Crippen LogP contribution in [0.3, 0.4) is 0 Å². The van der Waals surface area contributed by atoms with Gasteiger partial charge in [0.2, 0.25) is 0 Å². The molecule has 1 fully saturated rings. The average molecular weight is 305 g/mol. The number of hydrogen-bond acceptors (Lipinski definition) is 5. The van der Waals surface area contributed by atoms with Gasteiger partial charge in [0, 0.05) is 12.1 Å². The van der Waals surface area contributed by atoms with Crippen molar-refractivity contribution < 1.29 is 28.0 Å². The molecule has 10 heteroatoms. The van der Waals surface area contributed by atoms with Crippen molar-refractivity contribution in [2.75, 3.05) is 11.4 Å². The van der Waals surface area contributed by atoms with Gasteiger partial charge in [0.1, 0.15) is 24.1 Å². The fraction of sp³-hybridized carbons (Fsp3) is 0.455. The summed E-state index contributed by atoms with van der Waals surface area (Å²) in [5.41, 5.74) is -1.44. The van der Waals surface area contributed by atoms with E-state index in [0.717, 1.165) is 11.0 Å². The number of alkyl halides is 3. The minimum atomic E-state index is -4.48. The summed E-state index contributed by atoms with van der Waals surface area (Å²) in [6, 6.07) is 0.437. The van der Waals surface area contributed by atoms with Crippen molar-refractivity contribution in [3.63, 3.8) is 0 Å². The van der Waals surface area contributed by atoms with Crippen molar-refractivity contribution in [1.29, 1.82) is 0 Å². The van der Waals surface area contributed by atoms with Crippen molar-refractivity contribution in [2.24, 2.45) is 0 Å². The van der Waals surface area contributed by atoms with E-state index in [2.05, 4.69) is 4.98 Å². The molecule has 1 saturated carbocycles. The molecule has 2 rings (SSSR count). The molecule has 0 amide bonds. The molecule has 0 saturated heterocycles. The van der Waals surface area contributed by atoms with Gasteiger partial charge < -0.3 is 10.0 Å². The van der Waals surface area contributed by atoms with E-state index < -0.39 is 34.9 Å². The predicted molar refractivity (Wildman–Crippen MR) is 64.3 cm³/mol. The lowest BCUT2D eigenvalue weighted by Crippen LogP contribution is -2.36. The second-order valence-corrected chi connectivity index (χ2v) is 4.60. The first-order valence-corrected chi connectivity index (χ1v) is 5.90. The lowest BCUT2D eigenvalue weighted by molar-refractivity contribution is -0.385. The highest BCUT2D eigenvalue weighted by Crippen LogP contribution is 2.34. The average Bonchev–Trinajstić information content (AvgIpc) is 3.18. The normalized spacial score (nSPS) is 14.8. The van der Waals surface area contributed by atoms with Gasteiger partial charge in [-0.15, -0.1) is 0 Å². The lowest BCUT2D eigenvalue weighted by atomic mass is 10.2. The Labute approximate surface area is 116 Å². The first-order valence-electron chi connectivity index (χ1n) is 5.90. The summed E-state index contributed by atoms with van der Waals surface area (Å²) in [7, 11) is 0. The number of aromatic carboxylic acids is 1. The highest BCUT2D eigenvalue weighted by molar-refractivity contribution is 5.93. The van der Waals surface area contributed by atoms with E-state index in [1.165, 1.54) is 0 Å². The smallest absolute Gasteiger partial charge is 0.405 e. The molecule has 1 N–H and O–H groups in total. The molecule has 0 aromatic carbocycles. The van der Waals surface area contributed by atoms with Crippen molar-refractivity contribution in [1.82, 2.24) is 4.98 Å². The molecule has 1 aliphatic carbocycles. The Balaban J connectivity index is 2.40. The third-order valence-corrected chi connectivity index (χ3v) is 2.93. The van der Waals surface area contributed by atoms with Gasteiger partial charge in [-0.2, -0.15) is 13.2 Å². The third kappa shape index (κ3) is 3.58. The van der Waals surface area contributed by atoms with Gasteiger partial charge in [0.25, 0.3) is 0 Å². The molecule has 0 spiro atoms. The summed E-state index contributed by atoms with van der Waals surface area (Å²) in [5, 5.41) is 19.6. The molecule has 21 heavy (non-hydrogen) atoms. The SMILES string of the molecule is O=C(O)c1cc(N(CC(F)(F)F)C2CC2)ncc1[N+](=O)[O-]. The van der Waals surface area contributed by atoms with Crippen LogP contribution in [0.4, 0.5) is 24.7 Å². The largest absolute Gasteiger partial charge is 0.477 e. The van der Waals surface area contributed by atoms with Crippen LogP contribution >= 0.6 is 0 Å². The summed E-state index contributed by atoms with van der Waals surface area (Å²) in [6.07, 6.45) is -2.73. The molecule has 0 aliphatic heterocycles. The summed E-state index contributed by atoms with van der Waals surface area (Å²) < 4.78 is 37.7. The summed E-state index contributed by atoms with van der Waals surface area (Å²) in [5.74, 6) is -1.81. The molecule has 1 heterocycles. The van der Waals surface area contributed by atoms with E-state index in [1.54, 1.807) is 0 Å². The molecule has 0 radical (unpaired) electrons. The molecule has 1 aromatic heterocycles. The van der Waals surface area contributed by atoms with Crippen LogP contribution in [0.5, 0.6) is 0 Å². The summed E-state index contributed by atoms with van der Waals surface area (Å²) in [6.45, 7) is -1.28. The first kappa shape index (κ1) is 15.0. The van der Waals surface area contributed by atoms with Crippen LogP contribution in [-0.4, -0.2) is 39.7 Å². The quantitative estimate of drug-likeness (QED) is 0.662. The van der Waals surface area contributed by atoms with Crippen LogP contribution in [0, 0.1) is 10.1 Å². The molecular formula is C11H10F3N3O4. The molecular weight excluding hydrogens is 295 g/mol. The van der Waals surface area contributed by atoms with Crippen molar-refractivity contribution in [3.8, 4) is 0 Å². The number of carboxylic acids is 1. The summed E-state index contributed by atoms with van der Waals surface area (Å²) >= 11 is 0. The molecule has 0 unspecified atom stereocenters. The predicted octanol–water partition coefficient (Wildman–Crippen LogP) is 2.22. The van der Waals surface area contributed by atoms with Gasteiger partial charge in [0.15, 0.2) is 0 Å². The number of carbonyl (C=O) groups is 1. The molecule has 114 valence electrons. The van der Waals surface area contributed by atoms with E-state index in [1.807, 2.05) is 0 Å². The number of halogens is 3. The van der Waals surface area contributed by atoms with Crippen LogP contribution in [0.15, 0.2) is 12.3 Å². The Hall–Kier alpha value is -2.39. The Kier molecular flexibility index (Phi) is 3.71. The molecule has 1 aromatic rings. The van der Waals surface area contributed by atoms with Crippen molar-refractivity contribution in [3.05, 3.63) is 27.9 Å². The van der Waals surface area contributed by atoms with Crippen molar-refractivity contribution in [2.45, 2.75) is 25.1 Å². The zero-order chi connectivity index (χ0) is 15.8. The fourth-order valence-electron chi connectivity index (χ4n) is 1.89. The number of nitro groups is 1. The van der Waals surface area contributed by atoms with E-state index in [0.29, 0.717) is 19.0 Å². The van der Waals surface area contributed by atoms with Crippen LogP contribution < -0.4 is 4.90 Å². The number of hydrogen-bond donors (Lipinski definition) is 1. The second kappa shape index (κ2) is 5.19. The number of rotatable bonds is 5. The van der Waals surface area contributed by atoms with Crippen molar-refractivity contribution >= 4 is 17.5 Å². The van der Waals surface area contributed by atoms with Crippen LogP contribution in [-0.2, 0) is 0 Å². The number of carboxylic acid groups (broad SMARTS) is 1. The zero-order valence-electron chi connectivity index (χ0n) is 10.5. The fourth-order valence-corrected chi connectivity index (χ4v) is 1.89. The first-order chi connectivity index (χ1) is 9.69. The Morgan fingerprint density at radius 2 is 2.14 bits per heavy atom. The van der Waals surface area contributed by atoms with E-state index in [-0.39, 0.29) is 11.9 Å². The Morgan fingerprint density at radius 1 is 1.52 bits per heavy atom. The number of anilines is 1. The maximum Gasteiger partial charge on any atom is 0.405 e. The highest BCUT2D eigenvalue weighted by Gasteiger charge is 2.39. The number of nitrogens with zero attached hydrogens (tertiary/aromatic N) is 3. The van der Waals surface area contributed by atoms with Crippen LogP contribution in [0.25, 0.3) is 0 Å². The number of pyridine rings is 1. The maximum absolute atomic E-state index is 12.6. The molecule has 7 nitrogen and oxygen atoms in total. The highest BCUT2D eigenvalue weighted by atomic mass is 19.4. The van der Waals surface area contributed by atoms with E-state index in [9.17, 15) is 28.1 Å². The Bertz CT molecular complexity index is 587. The van der Waals surface area contributed by atoms with Crippen LogP contribution in [0.1, 0.15) is 23.2 Å². The minimum absolute atomic E-state index is 0.224. The summed E-state index contributed by atoms with van der Waals surface area (Å²) in [4.78, 5) is 25.3.